The fourth-order valence-corrected chi connectivity index (χ4v) is 1.96. The third kappa shape index (κ3) is 3.10. The number of ether oxygens (including phenoxy) is 1. The van der Waals surface area contributed by atoms with E-state index in [1.54, 1.807) is 18.3 Å². The Morgan fingerprint density at radius 3 is 3.19 bits per heavy atom. The van der Waals surface area contributed by atoms with Gasteiger partial charge in [0.2, 0.25) is 0 Å². The summed E-state index contributed by atoms with van der Waals surface area (Å²) in [6.45, 7) is 1.71. The van der Waals surface area contributed by atoms with Crippen LogP contribution in [0.3, 0.4) is 0 Å². The lowest BCUT2D eigenvalue weighted by atomic mass is 10.0. The second-order valence-electron chi connectivity index (χ2n) is 4.11. The van der Waals surface area contributed by atoms with Gasteiger partial charge >= 0.3 is 0 Å². The number of aromatic hydroxyl groups is 1. The van der Waals surface area contributed by atoms with E-state index in [1.165, 1.54) is 19.3 Å². The van der Waals surface area contributed by atoms with Gasteiger partial charge in [0.15, 0.2) is 5.75 Å². The third-order valence-corrected chi connectivity index (χ3v) is 2.87. The van der Waals surface area contributed by atoms with Gasteiger partial charge in [0.25, 0.3) is 5.88 Å². The highest BCUT2D eigenvalue weighted by atomic mass is 16.5. The molecule has 0 radical (unpaired) electrons. The highest BCUT2D eigenvalue weighted by Crippen LogP contribution is 2.21. The summed E-state index contributed by atoms with van der Waals surface area (Å²) in [7, 11) is 0. The molecule has 2 N–H and O–H groups in total. The predicted molar refractivity (Wildman–Crippen MR) is 61.7 cm³/mol. The van der Waals surface area contributed by atoms with E-state index in [-0.39, 0.29) is 5.75 Å². The quantitative estimate of drug-likeness (QED) is 0.814. The van der Waals surface area contributed by atoms with Gasteiger partial charge in [-0.1, -0.05) is 6.42 Å². The molecular weight excluding hydrogens is 204 g/mol. The molecule has 1 atom stereocenters. The molecule has 1 saturated heterocycles. The lowest BCUT2D eigenvalue weighted by molar-refractivity contribution is 0.250. The van der Waals surface area contributed by atoms with Crippen molar-refractivity contribution in [1.82, 2.24) is 10.3 Å². The number of hydrogen-bond acceptors (Lipinski definition) is 4. The van der Waals surface area contributed by atoms with Gasteiger partial charge in [0.05, 0.1) is 6.61 Å². The Labute approximate surface area is 95.7 Å². The van der Waals surface area contributed by atoms with E-state index in [9.17, 15) is 5.11 Å². The summed E-state index contributed by atoms with van der Waals surface area (Å²) in [6.07, 6.45) is 6.38. The Hall–Kier alpha value is -1.29. The first kappa shape index (κ1) is 11.2. The highest BCUT2D eigenvalue weighted by molar-refractivity contribution is 5.30. The molecule has 1 aromatic heterocycles. The first-order valence-electron chi connectivity index (χ1n) is 5.86. The molecule has 0 unspecified atom stereocenters. The van der Waals surface area contributed by atoms with Crippen molar-refractivity contribution in [2.45, 2.75) is 31.7 Å². The minimum Gasteiger partial charge on any atom is -0.503 e. The predicted octanol–water partition coefficient (Wildman–Crippen LogP) is 1.70. The van der Waals surface area contributed by atoms with Crippen LogP contribution in [0.4, 0.5) is 0 Å². The normalized spacial score (nSPS) is 20.6. The number of piperidine rings is 1. The molecule has 4 nitrogen and oxygen atoms in total. The second kappa shape index (κ2) is 5.70. The minimum atomic E-state index is 0.110. The van der Waals surface area contributed by atoms with E-state index >= 15 is 0 Å². The van der Waals surface area contributed by atoms with Crippen molar-refractivity contribution in [3.05, 3.63) is 18.3 Å². The molecule has 88 valence electrons. The van der Waals surface area contributed by atoms with E-state index < -0.39 is 0 Å². The van der Waals surface area contributed by atoms with Crippen LogP contribution in [0.1, 0.15) is 25.7 Å². The summed E-state index contributed by atoms with van der Waals surface area (Å²) >= 11 is 0. The van der Waals surface area contributed by atoms with Gasteiger partial charge in [0.1, 0.15) is 0 Å². The van der Waals surface area contributed by atoms with Crippen molar-refractivity contribution >= 4 is 0 Å². The molecule has 2 heterocycles. The number of aromatic nitrogens is 1. The van der Waals surface area contributed by atoms with Gasteiger partial charge in [0, 0.05) is 12.2 Å². The molecule has 0 amide bonds. The topological polar surface area (TPSA) is 54.4 Å². The summed E-state index contributed by atoms with van der Waals surface area (Å²) in [5, 5.41) is 12.9. The van der Waals surface area contributed by atoms with Crippen molar-refractivity contribution < 1.29 is 9.84 Å². The third-order valence-electron chi connectivity index (χ3n) is 2.87. The Morgan fingerprint density at radius 1 is 1.50 bits per heavy atom. The Balaban J connectivity index is 1.73. The number of rotatable bonds is 4. The van der Waals surface area contributed by atoms with Crippen LogP contribution in [0.15, 0.2) is 18.3 Å². The van der Waals surface area contributed by atoms with Crippen LogP contribution >= 0.6 is 0 Å². The number of hydrogen-bond donors (Lipinski definition) is 2. The van der Waals surface area contributed by atoms with Crippen molar-refractivity contribution in [3.63, 3.8) is 0 Å². The zero-order valence-corrected chi connectivity index (χ0v) is 9.35. The van der Waals surface area contributed by atoms with Gasteiger partial charge in [-0.3, -0.25) is 0 Å². The largest absolute Gasteiger partial charge is 0.503 e. The Morgan fingerprint density at radius 2 is 2.44 bits per heavy atom. The van der Waals surface area contributed by atoms with Crippen molar-refractivity contribution in [3.8, 4) is 11.6 Å². The molecule has 4 heteroatoms. The molecule has 1 aliphatic heterocycles. The zero-order valence-electron chi connectivity index (χ0n) is 9.35. The molecule has 1 fully saturated rings. The van der Waals surface area contributed by atoms with E-state index in [0.717, 1.165) is 13.0 Å². The standard InChI is InChI=1S/C12H18N2O2/c15-11-5-3-8-14-12(11)16-9-6-10-4-1-2-7-13-10/h3,5,8,10,13,15H,1-2,4,6-7,9H2/t10-/m0/s1. The zero-order chi connectivity index (χ0) is 11.2. The second-order valence-corrected chi connectivity index (χ2v) is 4.11. The maximum atomic E-state index is 9.44. The number of nitrogens with one attached hydrogen (secondary N) is 1. The molecule has 0 bridgehead atoms. The van der Waals surface area contributed by atoms with Crippen LogP contribution in [0.25, 0.3) is 0 Å². The van der Waals surface area contributed by atoms with E-state index in [2.05, 4.69) is 10.3 Å². The average molecular weight is 222 g/mol. The van der Waals surface area contributed by atoms with Gasteiger partial charge in [-0.2, -0.15) is 0 Å². The van der Waals surface area contributed by atoms with Gasteiger partial charge < -0.3 is 15.2 Å². The van der Waals surface area contributed by atoms with E-state index in [1.807, 2.05) is 0 Å². The fraction of sp³-hybridized carbons (Fsp3) is 0.583. The average Bonchev–Trinajstić information content (AvgIpc) is 2.33. The molecule has 2 rings (SSSR count). The first-order chi connectivity index (χ1) is 7.86. The molecule has 0 saturated carbocycles. The summed E-state index contributed by atoms with van der Waals surface area (Å²) in [6, 6.07) is 3.83. The van der Waals surface area contributed by atoms with Crippen LogP contribution < -0.4 is 10.1 Å². The number of nitrogens with zero attached hydrogens (tertiary/aromatic N) is 1. The van der Waals surface area contributed by atoms with Gasteiger partial charge in [-0.15, -0.1) is 0 Å². The van der Waals surface area contributed by atoms with Crippen LogP contribution in [0.2, 0.25) is 0 Å². The molecular formula is C12H18N2O2. The summed E-state index contributed by atoms with van der Waals surface area (Å²) < 4.78 is 5.44. The van der Waals surface area contributed by atoms with Crippen molar-refractivity contribution in [1.29, 1.82) is 0 Å². The minimum absolute atomic E-state index is 0.110. The van der Waals surface area contributed by atoms with Gasteiger partial charge in [-0.25, -0.2) is 4.98 Å². The molecule has 0 aliphatic carbocycles. The maximum Gasteiger partial charge on any atom is 0.256 e. The van der Waals surface area contributed by atoms with Crippen molar-refractivity contribution in [2.24, 2.45) is 0 Å². The molecule has 0 spiro atoms. The van der Waals surface area contributed by atoms with Crippen LogP contribution in [0, 0.1) is 0 Å². The van der Waals surface area contributed by atoms with Crippen LogP contribution in [0.5, 0.6) is 11.6 Å². The molecule has 1 aromatic rings. The summed E-state index contributed by atoms with van der Waals surface area (Å²) in [5.74, 6) is 0.442. The molecule has 16 heavy (non-hydrogen) atoms. The van der Waals surface area contributed by atoms with E-state index in [4.69, 9.17) is 4.74 Å². The summed E-state index contributed by atoms with van der Waals surface area (Å²) in [4.78, 5) is 3.97. The Kier molecular flexibility index (Phi) is 3.99. The van der Waals surface area contributed by atoms with Gasteiger partial charge in [-0.05, 0) is 37.9 Å². The SMILES string of the molecule is Oc1cccnc1OCC[C@@H]1CCCCN1. The van der Waals surface area contributed by atoms with E-state index in [0.29, 0.717) is 18.5 Å². The fourth-order valence-electron chi connectivity index (χ4n) is 1.96. The van der Waals surface area contributed by atoms with Crippen LogP contribution in [-0.2, 0) is 0 Å². The van der Waals surface area contributed by atoms with Crippen LogP contribution in [-0.4, -0.2) is 29.3 Å². The first-order valence-corrected chi connectivity index (χ1v) is 5.86. The molecule has 1 aliphatic rings. The monoisotopic (exact) mass is 222 g/mol. The van der Waals surface area contributed by atoms with Crippen molar-refractivity contribution in [2.75, 3.05) is 13.2 Å². The Bertz CT molecular complexity index is 325. The highest BCUT2D eigenvalue weighted by Gasteiger charge is 2.12. The lowest BCUT2D eigenvalue weighted by Crippen LogP contribution is -2.35. The smallest absolute Gasteiger partial charge is 0.256 e. The number of pyridine rings is 1. The summed E-state index contributed by atoms with van der Waals surface area (Å²) in [5.41, 5.74) is 0. The lowest BCUT2D eigenvalue weighted by Gasteiger charge is -2.23. The maximum absolute atomic E-state index is 9.44. The molecule has 0 aromatic carbocycles.